The second-order valence-electron chi connectivity index (χ2n) is 5.56. The van der Waals surface area contributed by atoms with E-state index in [9.17, 15) is 4.20 Å². The number of halogens is 1. The van der Waals surface area contributed by atoms with E-state index in [0.29, 0.717) is 12.8 Å². The largest absolute Gasteiger partial charge is 0.336 e. The minimum absolute atomic E-state index is 0.480. The molecule has 4 aliphatic heterocycles. The second-order valence-corrected chi connectivity index (χ2v) is 8.01. The molecule has 4 bridgehead atoms. The van der Waals surface area contributed by atoms with Gasteiger partial charge in [-0.3, -0.25) is 0 Å². The van der Waals surface area contributed by atoms with Crippen molar-refractivity contribution in [1.82, 2.24) is 0 Å². The molecule has 0 aromatic carbocycles. The first-order valence-corrected chi connectivity index (χ1v) is 6.49. The van der Waals surface area contributed by atoms with Gasteiger partial charge in [0.2, 0.25) is 0 Å². The monoisotopic (exact) mass is 234 g/mol. The van der Waals surface area contributed by atoms with Gasteiger partial charge in [0.25, 0.3) is 0 Å². The third-order valence-corrected chi connectivity index (χ3v) is 5.59. The van der Waals surface area contributed by atoms with Crippen molar-refractivity contribution in [3.8, 4) is 0 Å². The van der Waals surface area contributed by atoms with Crippen molar-refractivity contribution < 1.29 is 18.4 Å². The summed E-state index contributed by atoms with van der Waals surface area (Å²) in [6, 6.07) is 0. The van der Waals surface area contributed by atoms with Crippen molar-refractivity contribution in [3.63, 3.8) is 0 Å². The van der Waals surface area contributed by atoms with Crippen LogP contribution < -0.4 is 0 Å². The van der Waals surface area contributed by atoms with E-state index < -0.39 is 30.5 Å². The molecule has 0 N–H and O–H groups in total. The quantitative estimate of drug-likeness (QED) is 0.603. The number of ether oxygens (including phenoxy) is 3. The van der Waals surface area contributed by atoms with Crippen LogP contribution in [-0.2, 0) is 14.2 Å². The minimum Gasteiger partial charge on any atom is -0.336 e. The van der Waals surface area contributed by atoms with Crippen molar-refractivity contribution in [3.05, 3.63) is 0 Å². The molecule has 0 aliphatic carbocycles. The Hall–Kier alpha value is 0.240. The van der Waals surface area contributed by atoms with Crippen molar-refractivity contribution in [2.75, 3.05) is 0 Å². The van der Waals surface area contributed by atoms with Crippen LogP contribution in [0.15, 0.2) is 0 Å². The van der Waals surface area contributed by atoms with Crippen LogP contribution in [0.25, 0.3) is 0 Å². The summed E-state index contributed by atoms with van der Waals surface area (Å²) in [4.78, 5) is 0. The van der Waals surface area contributed by atoms with E-state index in [0.717, 1.165) is 0 Å². The summed E-state index contributed by atoms with van der Waals surface area (Å²) in [6.45, 7) is 7.45. The summed E-state index contributed by atoms with van der Waals surface area (Å²) in [5.41, 5.74) is 0. The average molecular weight is 234 g/mol. The fourth-order valence-corrected chi connectivity index (χ4v) is 5.96. The maximum Gasteiger partial charge on any atom is 0.173 e. The van der Waals surface area contributed by atoms with E-state index >= 15 is 0 Å². The maximum atomic E-state index is 14.4. The normalized spacial score (nSPS) is 67.4. The molecule has 0 aromatic heterocycles. The molecule has 4 atom stereocenters. The molecule has 4 rings (SSSR count). The van der Waals surface area contributed by atoms with Crippen molar-refractivity contribution in [2.24, 2.45) is 0 Å². The molecule has 0 radical (unpaired) electrons. The van der Waals surface area contributed by atoms with E-state index in [4.69, 9.17) is 14.2 Å². The molecule has 0 aromatic rings. The molecule has 3 nitrogen and oxygen atoms in total. The molecule has 5 heteroatoms. The SMILES string of the molecule is C[C@]12C[C@@]3(C)O[C@](C)(C[C@@](C)(O1)P3F)O2. The van der Waals surface area contributed by atoms with Gasteiger partial charge >= 0.3 is 0 Å². The summed E-state index contributed by atoms with van der Waals surface area (Å²) >= 11 is 0. The van der Waals surface area contributed by atoms with Crippen LogP contribution in [0, 0.1) is 0 Å². The van der Waals surface area contributed by atoms with Crippen LogP contribution in [0.2, 0.25) is 0 Å². The molecule has 4 saturated heterocycles. The lowest BCUT2D eigenvalue weighted by Gasteiger charge is -2.67. The van der Waals surface area contributed by atoms with Crippen LogP contribution in [0.1, 0.15) is 40.5 Å². The first kappa shape index (κ1) is 10.4. The summed E-state index contributed by atoms with van der Waals surface area (Å²) in [5, 5.41) is -1.41. The fraction of sp³-hybridized carbons (Fsp3) is 1.00. The van der Waals surface area contributed by atoms with Gasteiger partial charge in [-0.2, -0.15) is 0 Å². The van der Waals surface area contributed by atoms with Gasteiger partial charge in [0.05, 0.1) is 0 Å². The lowest BCUT2D eigenvalue weighted by molar-refractivity contribution is -0.469. The van der Waals surface area contributed by atoms with E-state index in [1.54, 1.807) is 0 Å². The van der Waals surface area contributed by atoms with Crippen LogP contribution in [-0.4, -0.2) is 22.3 Å². The molecule has 0 amide bonds. The molecular weight excluding hydrogens is 218 g/mol. The zero-order valence-electron chi connectivity index (χ0n) is 9.46. The molecule has 4 aliphatic rings. The van der Waals surface area contributed by atoms with Gasteiger partial charge in [0.1, 0.15) is 18.9 Å². The first-order valence-electron chi connectivity index (χ1n) is 5.26. The first-order chi connectivity index (χ1) is 6.69. The highest BCUT2D eigenvalue weighted by Gasteiger charge is 2.72. The molecule has 15 heavy (non-hydrogen) atoms. The standard InChI is InChI=1S/C10H16FO3P/c1-7-5-9(3)14-8(2,12-7)6-10(4,13-7)15(9)11/h5-6H2,1-4H3/t7-,8-,9+,10+/m1/s1. The number of rotatable bonds is 0. The molecule has 86 valence electrons. The Bertz CT molecular complexity index is 291. The van der Waals surface area contributed by atoms with E-state index in [1.807, 2.05) is 27.7 Å². The second kappa shape index (κ2) is 2.40. The van der Waals surface area contributed by atoms with Gasteiger partial charge in [-0.15, -0.1) is 0 Å². The lowest BCUT2D eigenvalue weighted by atomic mass is 9.98. The highest BCUT2D eigenvalue weighted by atomic mass is 31.2. The predicted octanol–water partition coefficient (Wildman–Crippen LogP) is 3.09. The van der Waals surface area contributed by atoms with Gasteiger partial charge in [-0.25, -0.2) is 4.20 Å². The summed E-state index contributed by atoms with van der Waals surface area (Å²) in [7, 11) is -1.78. The molecule has 0 spiro atoms. The topological polar surface area (TPSA) is 27.7 Å². The zero-order chi connectivity index (χ0) is 11.1. The van der Waals surface area contributed by atoms with E-state index in [-0.39, 0.29) is 0 Å². The maximum absolute atomic E-state index is 14.4. The van der Waals surface area contributed by atoms with Crippen molar-refractivity contribution in [1.29, 1.82) is 0 Å². The van der Waals surface area contributed by atoms with Gasteiger partial charge < -0.3 is 14.2 Å². The molecule has 4 fully saturated rings. The molecular formula is C10H16FO3P. The highest BCUT2D eigenvalue weighted by Crippen LogP contribution is 2.77. The fourth-order valence-electron chi connectivity index (χ4n) is 3.56. The Kier molecular flexibility index (Phi) is 1.66. The third-order valence-electron chi connectivity index (χ3n) is 3.43. The smallest absolute Gasteiger partial charge is 0.173 e. The van der Waals surface area contributed by atoms with Gasteiger partial charge in [-0.1, -0.05) is 0 Å². The summed E-state index contributed by atoms with van der Waals surface area (Å²) < 4.78 is 31.7. The highest BCUT2D eigenvalue weighted by molar-refractivity contribution is 7.55. The van der Waals surface area contributed by atoms with Crippen LogP contribution in [0.4, 0.5) is 4.20 Å². The van der Waals surface area contributed by atoms with E-state index in [1.165, 1.54) is 0 Å². The third kappa shape index (κ3) is 1.20. The van der Waals surface area contributed by atoms with Crippen LogP contribution in [0.3, 0.4) is 0 Å². The lowest BCUT2D eigenvalue weighted by Crippen LogP contribution is -2.70. The predicted molar refractivity (Wildman–Crippen MR) is 54.1 cm³/mol. The minimum atomic E-state index is -1.78. The zero-order valence-corrected chi connectivity index (χ0v) is 10.4. The summed E-state index contributed by atoms with van der Waals surface area (Å²) in [6.07, 6.45) is 0.959. The van der Waals surface area contributed by atoms with Gasteiger partial charge in [-0.05, 0) is 27.7 Å². The number of hydrogen-bond acceptors (Lipinski definition) is 3. The average Bonchev–Trinajstić information content (AvgIpc) is 1.93. The van der Waals surface area contributed by atoms with Crippen molar-refractivity contribution in [2.45, 2.75) is 62.8 Å². The van der Waals surface area contributed by atoms with Gasteiger partial charge in [0, 0.05) is 12.8 Å². The molecule has 0 saturated carbocycles. The van der Waals surface area contributed by atoms with Gasteiger partial charge in [0.15, 0.2) is 11.6 Å². The number of hydrogen-bond donors (Lipinski definition) is 0. The van der Waals surface area contributed by atoms with Crippen molar-refractivity contribution >= 4 is 8.23 Å². The molecule has 4 heterocycles. The van der Waals surface area contributed by atoms with Crippen LogP contribution >= 0.6 is 8.23 Å². The summed E-state index contributed by atoms with van der Waals surface area (Å²) in [5.74, 6) is -1.36. The van der Waals surface area contributed by atoms with Crippen LogP contribution in [0.5, 0.6) is 0 Å². The Morgan fingerprint density at radius 1 is 0.867 bits per heavy atom. The Labute approximate surface area is 90.1 Å². The molecule has 0 unspecified atom stereocenters. The Morgan fingerprint density at radius 3 is 1.67 bits per heavy atom. The Balaban J connectivity index is 2.12. The van der Waals surface area contributed by atoms with E-state index in [2.05, 4.69) is 0 Å². The Morgan fingerprint density at radius 2 is 1.27 bits per heavy atom.